The Morgan fingerprint density at radius 3 is 2.72 bits per heavy atom. The van der Waals surface area contributed by atoms with Gasteiger partial charge in [0.25, 0.3) is 0 Å². The molecule has 2 rings (SSSR count). The SMILES string of the molecule is CC(C)c1cc2c(N(C)C(C)CN)nccn2n1. The van der Waals surface area contributed by atoms with Gasteiger partial charge in [0, 0.05) is 32.0 Å². The Labute approximate surface area is 108 Å². The minimum absolute atomic E-state index is 0.251. The smallest absolute Gasteiger partial charge is 0.154 e. The zero-order valence-corrected chi connectivity index (χ0v) is 11.5. The molecule has 1 unspecified atom stereocenters. The highest BCUT2D eigenvalue weighted by molar-refractivity contribution is 5.69. The molecule has 0 saturated heterocycles. The monoisotopic (exact) mass is 247 g/mol. The summed E-state index contributed by atoms with van der Waals surface area (Å²) in [5.74, 6) is 1.34. The maximum absolute atomic E-state index is 5.72. The van der Waals surface area contributed by atoms with Crippen molar-refractivity contribution >= 4 is 11.3 Å². The summed E-state index contributed by atoms with van der Waals surface area (Å²) < 4.78 is 1.89. The van der Waals surface area contributed by atoms with E-state index in [9.17, 15) is 0 Å². The molecule has 2 N–H and O–H groups in total. The Morgan fingerprint density at radius 2 is 2.11 bits per heavy atom. The second-order valence-corrected chi connectivity index (χ2v) is 5.00. The standard InChI is InChI=1S/C13H21N5/c1-9(2)11-7-12-13(17(4)10(3)8-14)15-5-6-18(12)16-11/h5-7,9-10H,8,14H2,1-4H3. The Kier molecular flexibility index (Phi) is 3.52. The van der Waals surface area contributed by atoms with Crippen LogP contribution in [0, 0.1) is 0 Å². The van der Waals surface area contributed by atoms with Gasteiger partial charge in [-0.15, -0.1) is 0 Å². The van der Waals surface area contributed by atoms with Gasteiger partial charge in [0.2, 0.25) is 0 Å². The molecular formula is C13H21N5. The van der Waals surface area contributed by atoms with Crippen molar-refractivity contribution in [2.24, 2.45) is 5.73 Å². The van der Waals surface area contributed by atoms with Gasteiger partial charge in [0.15, 0.2) is 5.82 Å². The molecule has 0 fully saturated rings. The molecule has 2 heterocycles. The molecule has 0 spiro atoms. The van der Waals surface area contributed by atoms with Crippen LogP contribution in [0.1, 0.15) is 32.4 Å². The second-order valence-electron chi connectivity index (χ2n) is 5.00. The van der Waals surface area contributed by atoms with Crippen LogP contribution in [0.2, 0.25) is 0 Å². The molecule has 2 aromatic heterocycles. The first-order valence-electron chi connectivity index (χ1n) is 6.31. The van der Waals surface area contributed by atoms with Crippen molar-refractivity contribution in [1.29, 1.82) is 0 Å². The van der Waals surface area contributed by atoms with Gasteiger partial charge in [0.05, 0.1) is 5.69 Å². The molecule has 0 aromatic carbocycles. The van der Waals surface area contributed by atoms with Gasteiger partial charge in [-0.3, -0.25) is 0 Å². The molecule has 1 atom stereocenters. The highest BCUT2D eigenvalue weighted by Crippen LogP contribution is 2.22. The Bertz CT molecular complexity index is 531. The van der Waals surface area contributed by atoms with Gasteiger partial charge in [-0.1, -0.05) is 13.8 Å². The Hall–Kier alpha value is -1.62. The van der Waals surface area contributed by atoms with Gasteiger partial charge >= 0.3 is 0 Å². The fourth-order valence-corrected chi connectivity index (χ4v) is 1.85. The summed E-state index contributed by atoms with van der Waals surface area (Å²) in [7, 11) is 2.02. The molecule has 5 heteroatoms. The van der Waals surface area contributed by atoms with Crippen LogP contribution in [0.5, 0.6) is 0 Å². The maximum Gasteiger partial charge on any atom is 0.154 e. The molecule has 18 heavy (non-hydrogen) atoms. The van der Waals surface area contributed by atoms with Gasteiger partial charge < -0.3 is 10.6 Å². The molecule has 0 amide bonds. The maximum atomic E-state index is 5.72. The second kappa shape index (κ2) is 4.94. The molecular weight excluding hydrogens is 226 g/mol. The third-order valence-corrected chi connectivity index (χ3v) is 3.32. The van der Waals surface area contributed by atoms with E-state index in [0.29, 0.717) is 12.5 Å². The number of anilines is 1. The van der Waals surface area contributed by atoms with Crippen LogP contribution in [0.25, 0.3) is 5.52 Å². The van der Waals surface area contributed by atoms with Crippen LogP contribution in [0.3, 0.4) is 0 Å². The molecule has 5 nitrogen and oxygen atoms in total. The van der Waals surface area contributed by atoms with Crippen LogP contribution in [0.4, 0.5) is 5.82 Å². The molecule has 0 aliphatic carbocycles. The Balaban J connectivity index is 2.50. The normalized spacial score (nSPS) is 13.2. The van der Waals surface area contributed by atoms with Crippen molar-refractivity contribution in [3.63, 3.8) is 0 Å². The van der Waals surface area contributed by atoms with E-state index in [-0.39, 0.29) is 6.04 Å². The molecule has 0 radical (unpaired) electrons. The summed E-state index contributed by atoms with van der Waals surface area (Å²) in [5, 5.41) is 4.56. The van der Waals surface area contributed by atoms with Crippen molar-refractivity contribution in [1.82, 2.24) is 14.6 Å². The predicted molar refractivity (Wildman–Crippen MR) is 74.0 cm³/mol. The summed E-state index contributed by atoms with van der Waals surface area (Å²) in [5.41, 5.74) is 7.83. The summed E-state index contributed by atoms with van der Waals surface area (Å²) in [6.07, 6.45) is 3.66. The van der Waals surface area contributed by atoms with Gasteiger partial charge in [-0.25, -0.2) is 9.50 Å². The van der Waals surface area contributed by atoms with Crippen molar-refractivity contribution in [3.05, 3.63) is 24.2 Å². The van der Waals surface area contributed by atoms with E-state index in [2.05, 4.69) is 41.8 Å². The number of nitrogens with zero attached hydrogens (tertiary/aromatic N) is 4. The molecule has 98 valence electrons. The van der Waals surface area contributed by atoms with Crippen LogP contribution in [0.15, 0.2) is 18.5 Å². The third-order valence-electron chi connectivity index (χ3n) is 3.32. The van der Waals surface area contributed by atoms with E-state index >= 15 is 0 Å². The van der Waals surface area contributed by atoms with Crippen LogP contribution >= 0.6 is 0 Å². The lowest BCUT2D eigenvalue weighted by atomic mass is 10.1. The van der Waals surface area contributed by atoms with E-state index < -0.39 is 0 Å². The largest absolute Gasteiger partial charge is 0.354 e. The molecule has 0 aliphatic heterocycles. The highest BCUT2D eigenvalue weighted by atomic mass is 15.3. The van der Waals surface area contributed by atoms with Crippen LogP contribution in [-0.2, 0) is 0 Å². The number of fused-ring (bicyclic) bond motifs is 1. The molecule has 2 aromatic rings. The van der Waals surface area contributed by atoms with E-state index in [0.717, 1.165) is 17.0 Å². The fourth-order valence-electron chi connectivity index (χ4n) is 1.85. The van der Waals surface area contributed by atoms with E-state index in [1.165, 1.54) is 0 Å². The number of likely N-dealkylation sites (N-methyl/N-ethyl adjacent to an activating group) is 1. The average molecular weight is 247 g/mol. The highest BCUT2D eigenvalue weighted by Gasteiger charge is 2.15. The summed E-state index contributed by atoms with van der Waals surface area (Å²) in [4.78, 5) is 6.56. The summed E-state index contributed by atoms with van der Waals surface area (Å²) in [6, 6.07) is 2.35. The van der Waals surface area contributed by atoms with Gasteiger partial charge in [0.1, 0.15) is 5.52 Å². The lowest BCUT2D eigenvalue weighted by Gasteiger charge is -2.24. The number of aromatic nitrogens is 3. The minimum Gasteiger partial charge on any atom is -0.354 e. The fraction of sp³-hybridized carbons (Fsp3) is 0.538. The lowest BCUT2D eigenvalue weighted by molar-refractivity contribution is 0.687. The summed E-state index contributed by atoms with van der Waals surface area (Å²) >= 11 is 0. The quantitative estimate of drug-likeness (QED) is 0.892. The molecule has 0 bridgehead atoms. The number of hydrogen-bond donors (Lipinski definition) is 1. The van der Waals surface area contributed by atoms with Crippen molar-refractivity contribution in [2.75, 3.05) is 18.5 Å². The van der Waals surface area contributed by atoms with Gasteiger partial charge in [-0.05, 0) is 18.9 Å². The van der Waals surface area contributed by atoms with Crippen molar-refractivity contribution in [3.8, 4) is 0 Å². The van der Waals surface area contributed by atoms with E-state index in [1.807, 2.05) is 17.8 Å². The first-order chi connectivity index (χ1) is 8.54. The summed E-state index contributed by atoms with van der Waals surface area (Å²) in [6.45, 7) is 6.97. The first-order valence-corrected chi connectivity index (χ1v) is 6.31. The lowest BCUT2D eigenvalue weighted by Crippen LogP contribution is -2.36. The zero-order chi connectivity index (χ0) is 13.3. The molecule has 0 saturated carbocycles. The number of nitrogens with two attached hydrogens (primary N) is 1. The Morgan fingerprint density at radius 1 is 1.39 bits per heavy atom. The average Bonchev–Trinajstić information content (AvgIpc) is 2.80. The number of hydrogen-bond acceptors (Lipinski definition) is 4. The van der Waals surface area contributed by atoms with E-state index in [1.54, 1.807) is 6.20 Å². The van der Waals surface area contributed by atoms with Crippen LogP contribution in [-0.4, -0.2) is 34.2 Å². The van der Waals surface area contributed by atoms with E-state index in [4.69, 9.17) is 5.73 Å². The minimum atomic E-state index is 0.251. The molecule has 0 aliphatic rings. The third kappa shape index (κ3) is 2.18. The van der Waals surface area contributed by atoms with Crippen LogP contribution < -0.4 is 10.6 Å². The first kappa shape index (κ1) is 12.8. The number of rotatable bonds is 4. The topological polar surface area (TPSA) is 59.5 Å². The predicted octanol–water partition coefficient (Wildman–Crippen LogP) is 1.64. The van der Waals surface area contributed by atoms with Crippen molar-refractivity contribution in [2.45, 2.75) is 32.7 Å². The zero-order valence-electron chi connectivity index (χ0n) is 11.5. The van der Waals surface area contributed by atoms with Crippen molar-refractivity contribution < 1.29 is 0 Å². The van der Waals surface area contributed by atoms with Gasteiger partial charge in [-0.2, -0.15) is 5.10 Å².